The van der Waals surface area contributed by atoms with Crippen LogP contribution in [0, 0.1) is 0 Å². The molecule has 5 heteroatoms. The molecule has 0 saturated heterocycles. The van der Waals surface area contributed by atoms with Crippen molar-refractivity contribution in [2.24, 2.45) is 0 Å². The Hall–Kier alpha value is -1.10. The molecule has 0 saturated carbocycles. The van der Waals surface area contributed by atoms with Crippen LogP contribution in [0.4, 0.5) is 0 Å². The van der Waals surface area contributed by atoms with Gasteiger partial charge in [-0.3, -0.25) is 14.9 Å². The van der Waals surface area contributed by atoms with Gasteiger partial charge in [0.2, 0.25) is 11.8 Å². The zero-order valence-corrected chi connectivity index (χ0v) is 12.2. The maximum atomic E-state index is 11.8. The predicted octanol–water partition coefficient (Wildman–Crippen LogP) is 0.794. The van der Waals surface area contributed by atoms with E-state index < -0.39 is 0 Å². The monoisotopic (exact) mass is 257 g/mol. The lowest BCUT2D eigenvalue weighted by Gasteiger charge is -2.18. The molecule has 2 atom stereocenters. The predicted molar refractivity (Wildman–Crippen MR) is 73.3 cm³/mol. The van der Waals surface area contributed by atoms with Crippen LogP contribution in [0.3, 0.4) is 0 Å². The molecule has 0 fully saturated rings. The van der Waals surface area contributed by atoms with Gasteiger partial charge in [0.15, 0.2) is 0 Å². The van der Waals surface area contributed by atoms with E-state index in [4.69, 9.17) is 0 Å². The number of hydrogen-bond donors (Lipinski definition) is 3. The molecule has 0 aliphatic carbocycles. The van der Waals surface area contributed by atoms with Crippen molar-refractivity contribution in [3.63, 3.8) is 0 Å². The van der Waals surface area contributed by atoms with Crippen LogP contribution in [0.1, 0.15) is 47.5 Å². The number of carbonyl (C=O) groups is 2. The summed E-state index contributed by atoms with van der Waals surface area (Å²) in [7, 11) is 0. The van der Waals surface area contributed by atoms with Crippen molar-refractivity contribution in [1.29, 1.82) is 0 Å². The van der Waals surface area contributed by atoms with Crippen LogP contribution in [-0.2, 0) is 9.59 Å². The second-order valence-corrected chi connectivity index (χ2v) is 5.02. The quantitative estimate of drug-likeness (QED) is 0.602. The van der Waals surface area contributed by atoms with Crippen molar-refractivity contribution in [3.8, 4) is 0 Å². The normalized spacial score (nSPS) is 14.1. The fourth-order valence-electron chi connectivity index (χ4n) is 1.58. The van der Waals surface area contributed by atoms with E-state index >= 15 is 0 Å². The van der Waals surface area contributed by atoms with Crippen molar-refractivity contribution >= 4 is 11.8 Å². The third-order valence-electron chi connectivity index (χ3n) is 2.52. The largest absolute Gasteiger partial charge is 0.353 e. The Kier molecular flexibility index (Phi) is 8.37. The van der Waals surface area contributed by atoms with Crippen molar-refractivity contribution in [1.82, 2.24) is 16.0 Å². The highest BCUT2D eigenvalue weighted by Crippen LogP contribution is 1.95. The first-order valence-corrected chi connectivity index (χ1v) is 6.69. The third kappa shape index (κ3) is 8.06. The maximum absolute atomic E-state index is 11.8. The third-order valence-corrected chi connectivity index (χ3v) is 2.52. The summed E-state index contributed by atoms with van der Waals surface area (Å²) in [5, 5.41) is 8.59. The van der Waals surface area contributed by atoms with Gasteiger partial charge in [-0.1, -0.05) is 13.3 Å². The van der Waals surface area contributed by atoms with E-state index in [1.54, 1.807) is 6.92 Å². The Labute approximate surface area is 110 Å². The van der Waals surface area contributed by atoms with Crippen molar-refractivity contribution in [2.45, 2.75) is 65.6 Å². The average molecular weight is 257 g/mol. The molecule has 0 bridgehead atoms. The molecule has 2 amide bonds. The van der Waals surface area contributed by atoms with Crippen molar-refractivity contribution in [3.05, 3.63) is 0 Å². The number of rotatable bonds is 8. The second-order valence-electron chi connectivity index (χ2n) is 5.02. The molecule has 0 aromatic heterocycles. The SMILES string of the molecule is CCCC(C)NC(=O)C(C)NCC(=O)NC(C)C. The standard InChI is InChI=1S/C13H27N3O2/c1-6-7-10(4)16-13(18)11(5)14-8-12(17)15-9(2)3/h9-11,14H,6-8H2,1-5H3,(H,15,17)(H,16,18). The summed E-state index contributed by atoms with van der Waals surface area (Å²) in [6.45, 7) is 9.80. The number of amides is 2. The highest BCUT2D eigenvalue weighted by atomic mass is 16.2. The molecule has 18 heavy (non-hydrogen) atoms. The van der Waals surface area contributed by atoms with E-state index in [0.717, 1.165) is 12.8 Å². The molecule has 0 spiro atoms. The Morgan fingerprint density at radius 3 is 2.17 bits per heavy atom. The molecule has 0 aromatic carbocycles. The van der Waals surface area contributed by atoms with Crippen LogP contribution in [-0.4, -0.2) is 36.5 Å². The summed E-state index contributed by atoms with van der Waals surface area (Å²) in [6.07, 6.45) is 2.01. The Morgan fingerprint density at radius 2 is 1.67 bits per heavy atom. The summed E-state index contributed by atoms with van der Waals surface area (Å²) < 4.78 is 0. The molecule has 5 nitrogen and oxygen atoms in total. The lowest BCUT2D eigenvalue weighted by molar-refractivity contribution is -0.124. The molecular weight excluding hydrogens is 230 g/mol. The van der Waals surface area contributed by atoms with E-state index in [1.165, 1.54) is 0 Å². The van der Waals surface area contributed by atoms with Crippen LogP contribution >= 0.6 is 0 Å². The summed E-state index contributed by atoms with van der Waals surface area (Å²) in [6, 6.07) is -0.0635. The van der Waals surface area contributed by atoms with Gasteiger partial charge in [-0.2, -0.15) is 0 Å². The molecular formula is C13H27N3O2. The number of carbonyl (C=O) groups excluding carboxylic acids is 2. The van der Waals surface area contributed by atoms with Crippen LogP contribution < -0.4 is 16.0 Å². The minimum absolute atomic E-state index is 0.0618. The van der Waals surface area contributed by atoms with Crippen LogP contribution in [0.25, 0.3) is 0 Å². The van der Waals surface area contributed by atoms with Crippen LogP contribution in [0.5, 0.6) is 0 Å². The maximum Gasteiger partial charge on any atom is 0.237 e. The Balaban J connectivity index is 3.90. The molecule has 2 unspecified atom stereocenters. The molecule has 0 radical (unpaired) electrons. The Morgan fingerprint density at radius 1 is 1.06 bits per heavy atom. The molecule has 0 aliphatic rings. The van der Waals surface area contributed by atoms with Gasteiger partial charge in [-0.15, -0.1) is 0 Å². The van der Waals surface area contributed by atoms with Crippen molar-refractivity contribution in [2.75, 3.05) is 6.54 Å². The minimum atomic E-state index is -0.359. The summed E-state index contributed by atoms with van der Waals surface area (Å²) >= 11 is 0. The second kappa shape index (κ2) is 8.91. The topological polar surface area (TPSA) is 70.2 Å². The smallest absolute Gasteiger partial charge is 0.237 e. The van der Waals surface area contributed by atoms with Crippen LogP contribution in [0.15, 0.2) is 0 Å². The summed E-state index contributed by atoms with van der Waals surface area (Å²) in [5.74, 6) is -0.153. The molecule has 106 valence electrons. The lowest BCUT2D eigenvalue weighted by Crippen LogP contribution is -2.48. The molecule has 3 N–H and O–H groups in total. The van der Waals surface area contributed by atoms with Gasteiger partial charge >= 0.3 is 0 Å². The van der Waals surface area contributed by atoms with E-state index in [1.807, 2.05) is 20.8 Å². The van der Waals surface area contributed by atoms with Crippen molar-refractivity contribution < 1.29 is 9.59 Å². The zero-order valence-electron chi connectivity index (χ0n) is 12.2. The highest BCUT2D eigenvalue weighted by Gasteiger charge is 2.15. The summed E-state index contributed by atoms with van der Waals surface area (Å²) in [4.78, 5) is 23.2. The van der Waals surface area contributed by atoms with E-state index in [9.17, 15) is 9.59 Å². The van der Waals surface area contributed by atoms with Gasteiger partial charge in [0.05, 0.1) is 12.6 Å². The number of hydrogen-bond acceptors (Lipinski definition) is 3. The number of nitrogens with one attached hydrogen (secondary N) is 3. The molecule has 0 rings (SSSR count). The minimum Gasteiger partial charge on any atom is -0.353 e. The van der Waals surface area contributed by atoms with E-state index in [-0.39, 0.29) is 36.5 Å². The Bertz CT molecular complexity index is 267. The van der Waals surface area contributed by atoms with Crippen LogP contribution in [0.2, 0.25) is 0 Å². The van der Waals surface area contributed by atoms with E-state index in [2.05, 4.69) is 22.9 Å². The summed E-state index contributed by atoms with van der Waals surface area (Å²) in [5.41, 5.74) is 0. The van der Waals surface area contributed by atoms with Gasteiger partial charge in [0, 0.05) is 12.1 Å². The van der Waals surface area contributed by atoms with Gasteiger partial charge in [-0.25, -0.2) is 0 Å². The highest BCUT2D eigenvalue weighted by molar-refractivity contribution is 5.83. The first-order valence-electron chi connectivity index (χ1n) is 6.69. The molecule has 0 aliphatic heterocycles. The van der Waals surface area contributed by atoms with E-state index in [0.29, 0.717) is 0 Å². The molecule has 0 aromatic rings. The first kappa shape index (κ1) is 16.9. The van der Waals surface area contributed by atoms with Gasteiger partial charge < -0.3 is 10.6 Å². The first-order chi connectivity index (χ1) is 8.36. The average Bonchev–Trinajstić information content (AvgIpc) is 2.25. The molecule has 0 heterocycles. The zero-order chi connectivity index (χ0) is 14.1. The fourth-order valence-corrected chi connectivity index (χ4v) is 1.58. The lowest BCUT2D eigenvalue weighted by atomic mass is 10.2. The van der Waals surface area contributed by atoms with Gasteiger partial charge in [0.1, 0.15) is 0 Å². The van der Waals surface area contributed by atoms with Gasteiger partial charge in [0.25, 0.3) is 0 Å². The fraction of sp³-hybridized carbons (Fsp3) is 0.846. The van der Waals surface area contributed by atoms with Gasteiger partial charge in [-0.05, 0) is 34.1 Å².